The van der Waals surface area contributed by atoms with Crippen LogP contribution in [0.15, 0.2) is 41.0 Å². The van der Waals surface area contributed by atoms with Gasteiger partial charge in [-0.25, -0.2) is 4.98 Å². The highest BCUT2D eigenvalue weighted by atomic mass is 79.9. The number of nitrogens with zero attached hydrogens (tertiary/aromatic N) is 3. The van der Waals surface area contributed by atoms with Crippen LogP contribution in [0, 0.1) is 0 Å². The van der Waals surface area contributed by atoms with Crippen molar-refractivity contribution >= 4 is 33.6 Å². The van der Waals surface area contributed by atoms with Gasteiger partial charge in [-0.15, -0.1) is 0 Å². The van der Waals surface area contributed by atoms with Crippen molar-refractivity contribution in [1.29, 1.82) is 0 Å². The first kappa shape index (κ1) is 27.8. The summed E-state index contributed by atoms with van der Waals surface area (Å²) < 4.78 is 2.41. The number of aliphatic hydroxyl groups is 1. The number of carboxylic acids is 1. The molecular formula is C28H34BrN5O4. The van der Waals surface area contributed by atoms with Gasteiger partial charge in [-0.2, -0.15) is 5.10 Å². The number of carboxylic acid groups (broad SMARTS) is 1. The maximum absolute atomic E-state index is 13.3. The Bertz CT molecular complexity index is 1330. The highest BCUT2D eigenvalue weighted by molar-refractivity contribution is 9.10. The summed E-state index contributed by atoms with van der Waals surface area (Å²) >= 11 is 3.52. The number of pyridine rings is 1. The number of carbonyl (C=O) groups excluding carboxylic acids is 1. The van der Waals surface area contributed by atoms with Crippen LogP contribution >= 0.6 is 15.9 Å². The molecule has 3 heterocycles. The molecule has 0 saturated heterocycles. The van der Waals surface area contributed by atoms with Crippen molar-refractivity contribution in [2.24, 2.45) is 0 Å². The Kier molecular flexibility index (Phi) is 8.52. The summed E-state index contributed by atoms with van der Waals surface area (Å²) in [5.74, 6) is -0.596. The molecule has 0 unspecified atom stereocenters. The van der Waals surface area contributed by atoms with E-state index in [0.717, 1.165) is 40.9 Å². The number of halogens is 1. The quantitative estimate of drug-likeness (QED) is 0.294. The summed E-state index contributed by atoms with van der Waals surface area (Å²) in [5, 5.41) is 30.2. The van der Waals surface area contributed by atoms with Crippen molar-refractivity contribution in [1.82, 2.24) is 20.1 Å². The molecule has 38 heavy (non-hydrogen) atoms. The summed E-state index contributed by atoms with van der Waals surface area (Å²) in [6.07, 6.45) is 3.83. The van der Waals surface area contributed by atoms with Crippen LogP contribution in [-0.2, 0) is 36.2 Å². The van der Waals surface area contributed by atoms with Crippen molar-refractivity contribution in [3.8, 4) is 0 Å². The number of nitrogens with one attached hydrogen (secondary N) is 2. The minimum atomic E-state index is -1.03. The Morgan fingerprint density at radius 3 is 2.74 bits per heavy atom. The predicted octanol–water partition coefficient (Wildman–Crippen LogP) is 4.38. The Hall–Kier alpha value is -3.24. The van der Waals surface area contributed by atoms with E-state index in [2.05, 4.69) is 58.5 Å². The van der Waals surface area contributed by atoms with Gasteiger partial charge < -0.3 is 20.8 Å². The minimum Gasteiger partial charge on any atom is -0.481 e. The minimum absolute atomic E-state index is 0.162. The van der Waals surface area contributed by atoms with E-state index in [0.29, 0.717) is 24.2 Å². The first-order chi connectivity index (χ1) is 18.0. The number of amides is 1. The SMILES string of the molecule is CC(C)(C)c1cc(Br)cc([C@H](CC(=O)O)NC(=O)c2cnn(CCc3ccc4c(n3)NCCC4)c2CO)c1. The smallest absolute Gasteiger partial charge is 0.305 e. The summed E-state index contributed by atoms with van der Waals surface area (Å²) in [6.45, 7) is 7.19. The lowest BCUT2D eigenvalue weighted by molar-refractivity contribution is -0.137. The van der Waals surface area contributed by atoms with Crippen LogP contribution in [0.25, 0.3) is 0 Å². The van der Waals surface area contributed by atoms with Gasteiger partial charge in [0.15, 0.2) is 0 Å². The summed E-state index contributed by atoms with van der Waals surface area (Å²) in [4.78, 5) is 29.7. The fraction of sp³-hybridized carbons (Fsp3) is 0.429. The summed E-state index contributed by atoms with van der Waals surface area (Å²) in [5.41, 5.74) is 4.24. The van der Waals surface area contributed by atoms with Crippen molar-refractivity contribution in [2.45, 2.75) is 71.1 Å². The molecule has 9 nitrogen and oxygen atoms in total. The molecule has 1 amide bonds. The molecule has 0 fully saturated rings. The number of benzene rings is 1. The van der Waals surface area contributed by atoms with Crippen LogP contribution in [0.5, 0.6) is 0 Å². The average Bonchev–Trinajstić information content (AvgIpc) is 3.29. The average molecular weight is 585 g/mol. The van der Waals surface area contributed by atoms with E-state index in [-0.39, 0.29) is 24.0 Å². The first-order valence-electron chi connectivity index (χ1n) is 12.8. The second kappa shape index (κ2) is 11.7. The normalized spacial score (nSPS) is 13.9. The van der Waals surface area contributed by atoms with E-state index in [9.17, 15) is 19.8 Å². The molecule has 0 aliphatic carbocycles. The third kappa shape index (κ3) is 6.60. The van der Waals surface area contributed by atoms with Gasteiger partial charge in [-0.3, -0.25) is 14.3 Å². The van der Waals surface area contributed by atoms with Crippen molar-refractivity contribution < 1.29 is 19.8 Å². The number of carbonyl (C=O) groups is 2. The Balaban J connectivity index is 1.53. The molecule has 2 aromatic heterocycles. The van der Waals surface area contributed by atoms with Gasteiger partial charge in [-0.05, 0) is 53.1 Å². The maximum atomic E-state index is 13.3. The Morgan fingerprint density at radius 2 is 2.03 bits per heavy atom. The molecule has 4 N–H and O–H groups in total. The molecule has 1 aromatic carbocycles. The monoisotopic (exact) mass is 583 g/mol. The number of fused-ring (bicyclic) bond motifs is 1. The molecule has 1 aliphatic heterocycles. The molecular weight excluding hydrogens is 550 g/mol. The van der Waals surface area contributed by atoms with E-state index in [1.54, 1.807) is 4.68 Å². The standard InChI is InChI=1S/C28H34BrN5O4/c1-28(2,3)19-11-18(12-20(29)13-19)23(14-25(36)37)33-27(38)22-15-31-34(24(22)16-35)10-8-21-7-6-17-5-4-9-30-26(17)32-21/h6-7,11-13,15,23,35H,4-5,8-10,14,16H2,1-3H3,(H,30,32)(H,33,38)(H,36,37)/t23-/m0/s1. The fourth-order valence-corrected chi connectivity index (χ4v) is 5.11. The highest BCUT2D eigenvalue weighted by Gasteiger charge is 2.25. The molecule has 10 heteroatoms. The van der Waals surface area contributed by atoms with Gasteiger partial charge in [0.2, 0.25) is 0 Å². The van der Waals surface area contributed by atoms with E-state index >= 15 is 0 Å². The molecule has 0 saturated carbocycles. The molecule has 1 aliphatic rings. The van der Waals surface area contributed by atoms with E-state index in [4.69, 9.17) is 4.98 Å². The fourth-order valence-electron chi connectivity index (χ4n) is 4.60. The van der Waals surface area contributed by atoms with Gasteiger partial charge in [0.05, 0.1) is 36.5 Å². The number of aliphatic carboxylic acids is 1. The summed E-state index contributed by atoms with van der Waals surface area (Å²) in [7, 11) is 0. The summed E-state index contributed by atoms with van der Waals surface area (Å²) in [6, 6.07) is 9.07. The van der Waals surface area contributed by atoms with E-state index < -0.39 is 17.9 Å². The van der Waals surface area contributed by atoms with Crippen molar-refractivity contribution in [3.05, 3.63) is 74.6 Å². The molecule has 3 aromatic rings. The Morgan fingerprint density at radius 1 is 1.24 bits per heavy atom. The molecule has 0 bridgehead atoms. The van der Waals surface area contributed by atoms with E-state index in [1.165, 1.54) is 11.8 Å². The van der Waals surface area contributed by atoms with Gasteiger partial charge in [0, 0.05) is 29.7 Å². The van der Waals surface area contributed by atoms with E-state index in [1.807, 2.05) is 24.3 Å². The van der Waals surface area contributed by atoms with Crippen LogP contribution in [0.3, 0.4) is 0 Å². The first-order valence-corrected chi connectivity index (χ1v) is 13.6. The lowest BCUT2D eigenvalue weighted by Gasteiger charge is -2.24. The van der Waals surface area contributed by atoms with Gasteiger partial charge in [0.1, 0.15) is 5.82 Å². The molecule has 0 radical (unpaired) electrons. The van der Waals surface area contributed by atoms with Gasteiger partial charge >= 0.3 is 5.97 Å². The zero-order valence-electron chi connectivity index (χ0n) is 21.9. The van der Waals surface area contributed by atoms with Crippen LogP contribution in [0.4, 0.5) is 5.82 Å². The maximum Gasteiger partial charge on any atom is 0.305 e. The van der Waals surface area contributed by atoms with Crippen LogP contribution in [0.2, 0.25) is 0 Å². The third-order valence-electron chi connectivity index (χ3n) is 6.75. The predicted molar refractivity (Wildman–Crippen MR) is 148 cm³/mol. The number of hydrogen-bond donors (Lipinski definition) is 4. The number of hydrogen-bond acceptors (Lipinski definition) is 6. The lowest BCUT2D eigenvalue weighted by atomic mass is 9.85. The largest absolute Gasteiger partial charge is 0.481 e. The number of anilines is 1. The van der Waals surface area contributed by atoms with Crippen LogP contribution in [-0.4, -0.2) is 43.4 Å². The van der Waals surface area contributed by atoms with Crippen LogP contribution in [0.1, 0.15) is 78.1 Å². The molecule has 4 rings (SSSR count). The third-order valence-corrected chi connectivity index (χ3v) is 7.21. The molecule has 0 spiro atoms. The number of rotatable bonds is 9. The zero-order valence-corrected chi connectivity index (χ0v) is 23.5. The van der Waals surface area contributed by atoms with Gasteiger partial charge in [-0.1, -0.05) is 48.8 Å². The number of aliphatic hydroxyl groups excluding tert-OH is 1. The topological polar surface area (TPSA) is 129 Å². The van der Waals surface area contributed by atoms with Crippen molar-refractivity contribution in [2.75, 3.05) is 11.9 Å². The molecule has 202 valence electrons. The molecule has 1 atom stereocenters. The number of aromatic nitrogens is 3. The lowest BCUT2D eigenvalue weighted by Crippen LogP contribution is -2.31. The number of aryl methyl sites for hydroxylation is 3. The highest BCUT2D eigenvalue weighted by Crippen LogP contribution is 2.30. The second-order valence-corrected chi connectivity index (χ2v) is 11.5. The van der Waals surface area contributed by atoms with Gasteiger partial charge in [0.25, 0.3) is 5.91 Å². The Labute approximate surface area is 230 Å². The van der Waals surface area contributed by atoms with Crippen molar-refractivity contribution in [3.63, 3.8) is 0 Å². The van der Waals surface area contributed by atoms with Crippen LogP contribution < -0.4 is 10.6 Å². The zero-order chi connectivity index (χ0) is 27.4. The second-order valence-electron chi connectivity index (χ2n) is 10.6.